The largest absolute Gasteiger partial charge is 0.449 e. The Hall–Kier alpha value is -2.11. The fraction of sp³-hybridized carbons (Fsp3) is 0.462. The van der Waals surface area contributed by atoms with E-state index in [4.69, 9.17) is 4.74 Å². The molecule has 0 unspecified atom stereocenters. The molecule has 2 aliphatic rings. The Morgan fingerprint density at radius 2 is 2.26 bits per heavy atom. The van der Waals surface area contributed by atoms with Gasteiger partial charge < -0.3 is 4.74 Å². The Morgan fingerprint density at radius 3 is 2.84 bits per heavy atom. The SMILES string of the molecule is CCOC(=O)N1CC2(CC2)c2ccc([N+](=O)[O-])cc21. The van der Waals surface area contributed by atoms with Crippen molar-refractivity contribution in [3.8, 4) is 0 Å². The molecule has 0 aromatic heterocycles. The second-order valence-corrected chi connectivity index (χ2v) is 5.02. The van der Waals surface area contributed by atoms with Gasteiger partial charge in [0, 0.05) is 24.1 Å². The number of benzene rings is 1. The van der Waals surface area contributed by atoms with Gasteiger partial charge in [-0.25, -0.2) is 4.79 Å². The van der Waals surface area contributed by atoms with Gasteiger partial charge in [-0.2, -0.15) is 0 Å². The molecule has 1 aliphatic carbocycles. The van der Waals surface area contributed by atoms with E-state index in [1.165, 1.54) is 17.0 Å². The number of nitrogens with zero attached hydrogens (tertiary/aromatic N) is 2. The number of nitro groups is 1. The zero-order valence-electron chi connectivity index (χ0n) is 10.6. The van der Waals surface area contributed by atoms with Crippen LogP contribution in [0.2, 0.25) is 0 Å². The third-order valence-electron chi connectivity index (χ3n) is 3.86. The van der Waals surface area contributed by atoms with E-state index in [-0.39, 0.29) is 11.1 Å². The van der Waals surface area contributed by atoms with Crippen molar-refractivity contribution >= 4 is 17.5 Å². The van der Waals surface area contributed by atoms with Crippen LogP contribution in [0.25, 0.3) is 0 Å². The molecular weight excluding hydrogens is 248 g/mol. The number of nitro benzene ring substituents is 1. The molecule has 1 spiro atoms. The van der Waals surface area contributed by atoms with Crippen molar-refractivity contribution in [3.63, 3.8) is 0 Å². The van der Waals surface area contributed by atoms with Crippen molar-refractivity contribution in [2.45, 2.75) is 25.2 Å². The van der Waals surface area contributed by atoms with Gasteiger partial charge in [0.1, 0.15) is 0 Å². The summed E-state index contributed by atoms with van der Waals surface area (Å²) in [6.45, 7) is 2.62. The van der Waals surface area contributed by atoms with Crippen molar-refractivity contribution in [2.24, 2.45) is 0 Å². The summed E-state index contributed by atoms with van der Waals surface area (Å²) in [6, 6.07) is 4.76. The molecule has 6 heteroatoms. The Kier molecular flexibility index (Phi) is 2.48. The van der Waals surface area contributed by atoms with Gasteiger partial charge in [0.2, 0.25) is 0 Å². The number of non-ortho nitro benzene ring substituents is 1. The van der Waals surface area contributed by atoms with Gasteiger partial charge in [0.25, 0.3) is 5.69 Å². The second kappa shape index (κ2) is 3.94. The van der Waals surface area contributed by atoms with E-state index < -0.39 is 11.0 Å². The van der Waals surface area contributed by atoms with Crippen LogP contribution in [-0.4, -0.2) is 24.2 Å². The van der Waals surface area contributed by atoms with Gasteiger partial charge in [-0.05, 0) is 31.4 Å². The normalized spacial score (nSPS) is 18.3. The van der Waals surface area contributed by atoms with Crippen LogP contribution in [0.1, 0.15) is 25.3 Å². The standard InChI is InChI=1S/C13H14N2O4/c1-2-19-12(16)14-8-13(5-6-13)10-4-3-9(15(17)18)7-11(10)14/h3-4,7H,2,5-6,8H2,1H3. The molecule has 100 valence electrons. The van der Waals surface area contributed by atoms with Crippen LogP contribution in [-0.2, 0) is 10.2 Å². The molecule has 1 amide bonds. The maximum absolute atomic E-state index is 11.9. The van der Waals surface area contributed by atoms with Crippen molar-refractivity contribution in [1.82, 2.24) is 0 Å². The average Bonchev–Trinajstić information content (AvgIpc) is 3.08. The fourth-order valence-electron chi connectivity index (χ4n) is 2.72. The summed E-state index contributed by atoms with van der Waals surface area (Å²) >= 11 is 0. The number of carbonyl (C=O) groups excluding carboxylic acids is 1. The molecule has 1 saturated carbocycles. The van der Waals surface area contributed by atoms with E-state index >= 15 is 0 Å². The van der Waals surface area contributed by atoms with Gasteiger partial charge >= 0.3 is 6.09 Å². The third kappa shape index (κ3) is 1.75. The molecule has 0 bridgehead atoms. The first-order chi connectivity index (χ1) is 9.07. The summed E-state index contributed by atoms with van der Waals surface area (Å²) in [6.07, 6.45) is 1.62. The Labute approximate surface area is 110 Å². The lowest BCUT2D eigenvalue weighted by Gasteiger charge is -2.16. The smallest absolute Gasteiger partial charge is 0.414 e. The van der Waals surface area contributed by atoms with Crippen molar-refractivity contribution in [1.29, 1.82) is 0 Å². The summed E-state index contributed by atoms with van der Waals surface area (Å²) in [5, 5.41) is 10.9. The Balaban J connectivity index is 2.02. The summed E-state index contributed by atoms with van der Waals surface area (Å²) < 4.78 is 5.02. The predicted octanol–water partition coefficient (Wildman–Crippen LogP) is 2.60. The minimum absolute atomic E-state index is 0.00532. The van der Waals surface area contributed by atoms with Gasteiger partial charge in [-0.1, -0.05) is 0 Å². The summed E-state index contributed by atoms with van der Waals surface area (Å²) in [4.78, 5) is 23.9. The number of anilines is 1. The number of hydrogen-bond acceptors (Lipinski definition) is 4. The molecule has 3 rings (SSSR count). The van der Waals surface area contributed by atoms with E-state index in [1.54, 1.807) is 13.0 Å². The average molecular weight is 262 g/mol. The Bertz CT molecular complexity index is 566. The number of rotatable bonds is 2. The number of amides is 1. The molecule has 1 aliphatic heterocycles. The number of carbonyl (C=O) groups is 1. The minimum Gasteiger partial charge on any atom is -0.449 e. The monoisotopic (exact) mass is 262 g/mol. The zero-order valence-corrected chi connectivity index (χ0v) is 10.6. The lowest BCUT2D eigenvalue weighted by molar-refractivity contribution is -0.384. The van der Waals surface area contributed by atoms with Crippen molar-refractivity contribution in [3.05, 3.63) is 33.9 Å². The first-order valence-corrected chi connectivity index (χ1v) is 6.30. The summed E-state index contributed by atoms with van der Waals surface area (Å²) in [7, 11) is 0. The lowest BCUT2D eigenvalue weighted by Crippen LogP contribution is -2.32. The molecule has 1 aromatic carbocycles. The fourth-order valence-corrected chi connectivity index (χ4v) is 2.72. The van der Waals surface area contributed by atoms with Crippen LogP contribution < -0.4 is 4.90 Å². The highest BCUT2D eigenvalue weighted by atomic mass is 16.6. The molecular formula is C13H14N2O4. The first kappa shape index (κ1) is 12.0. The highest BCUT2D eigenvalue weighted by Gasteiger charge is 2.53. The first-order valence-electron chi connectivity index (χ1n) is 6.30. The molecule has 1 heterocycles. The highest BCUT2D eigenvalue weighted by molar-refractivity contribution is 5.92. The number of hydrogen-bond donors (Lipinski definition) is 0. The molecule has 0 saturated heterocycles. The second-order valence-electron chi connectivity index (χ2n) is 5.02. The third-order valence-corrected chi connectivity index (χ3v) is 3.86. The van der Waals surface area contributed by atoms with Crippen LogP contribution in [0.5, 0.6) is 0 Å². The van der Waals surface area contributed by atoms with Crippen LogP contribution >= 0.6 is 0 Å². The molecule has 1 aromatic rings. The van der Waals surface area contributed by atoms with Crippen LogP contribution in [0.15, 0.2) is 18.2 Å². The van der Waals surface area contributed by atoms with Crippen LogP contribution in [0.3, 0.4) is 0 Å². The van der Waals surface area contributed by atoms with Gasteiger partial charge in [0.15, 0.2) is 0 Å². The van der Waals surface area contributed by atoms with E-state index in [2.05, 4.69) is 0 Å². The molecule has 0 radical (unpaired) electrons. The van der Waals surface area contributed by atoms with E-state index in [0.29, 0.717) is 18.8 Å². The number of fused-ring (bicyclic) bond motifs is 2. The molecule has 1 fully saturated rings. The number of ether oxygens (including phenoxy) is 1. The maximum Gasteiger partial charge on any atom is 0.414 e. The summed E-state index contributed by atoms with van der Waals surface area (Å²) in [5.74, 6) is 0. The van der Waals surface area contributed by atoms with E-state index in [1.807, 2.05) is 0 Å². The highest BCUT2D eigenvalue weighted by Crippen LogP contribution is 2.57. The Morgan fingerprint density at radius 1 is 1.53 bits per heavy atom. The van der Waals surface area contributed by atoms with Gasteiger partial charge in [-0.15, -0.1) is 0 Å². The van der Waals surface area contributed by atoms with Gasteiger partial charge in [0.05, 0.1) is 17.2 Å². The molecule has 0 N–H and O–H groups in total. The zero-order chi connectivity index (χ0) is 13.6. The molecule has 0 atom stereocenters. The minimum atomic E-state index is -0.443. The molecule has 6 nitrogen and oxygen atoms in total. The molecule has 19 heavy (non-hydrogen) atoms. The van der Waals surface area contributed by atoms with E-state index in [0.717, 1.165) is 18.4 Å². The van der Waals surface area contributed by atoms with E-state index in [9.17, 15) is 14.9 Å². The van der Waals surface area contributed by atoms with Crippen LogP contribution in [0, 0.1) is 10.1 Å². The maximum atomic E-state index is 11.9. The topological polar surface area (TPSA) is 72.7 Å². The quantitative estimate of drug-likeness (QED) is 0.606. The lowest BCUT2D eigenvalue weighted by atomic mass is 9.98. The summed E-state index contributed by atoms with van der Waals surface area (Å²) in [5.41, 5.74) is 1.68. The van der Waals surface area contributed by atoms with Crippen molar-refractivity contribution < 1.29 is 14.5 Å². The van der Waals surface area contributed by atoms with Crippen LogP contribution in [0.4, 0.5) is 16.2 Å². The van der Waals surface area contributed by atoms with Crippen molar-refractivity contribution in [2.75, 3.05) is 18.1 Å². The van der Waals surface area contributed by atoms with Gasteiger partial charge in [-0.3, -0.25) is 15.0 Å². The predicted molar refractivity (Wildman–Crippen MR) is 68.4 cm³/mol.